The molecule has 2 heterocycles. The van der Waals surface area contributed by atoms with Crippen LogP contribution in [0.25, 0.3) is 0 Å². The van der Waals surface area contributed by atoms with E-state index >= 15 is 0 Å². The first-order chi connectivity index (χ1) is 7.16. The van der Waals surface area contributed by atoms with Gasteiger partial charge in [-0.1, -0.05) is 0 Å². The third-order valence-corrected chi connectivity index (χ3v) is 4.94. The van der Waals surface area contributed by atoms with E-state index in [1.165, 1.54) is 0 Å². The molecule has 80 valence electrons. The second-order valence-corrected chi connectivity index (χ2v) is 5.98. The van der Waals surface area contributed by atoms with Gasteiger partial charge < -0.3 is 5.11 Å². The maximum atomic E-state index is 10.0. The van der Waals surface area contributed by atoms with Crippen LogP contribution in [0.5, 0.6) is 0 Å². The Labute approximate surface area is 105 Å². The number of aliphatic hydroxyl groups excluding tert-OH is 1. The molecule has 0 fully saturated rings. The van der Waals surface area contributed by atoms with Crippen molar-refractivity contribution in [1.82, 2.24) is 4.98 Å². The normalized spacial score (nSPS) is 13.0. The summed E-state index contributed by atoms with van der Waals surface area (Å²) in [6.45, 7) is 1.97. The minimum atomic E-state index is -0.454. The largest absolute Gasteiger partial charge is 0.387 e. The monoisotopic (exact) mass is 303 g/mol. The molecule has 1 unspecified atom stereocenters. The summed E-state index contributed by atoms with van der Waals surface area (Å²) in [7, 11) is 0. The number of thiophene rings is 1. The smallest absolute Gasteiger partial charge is 0.0957 e. The number of halogens is 1. The first-order valence-electron chi connectivity index (χ1n) is 4.49. The van der Waals surface area contributed by atoms with Gasteiger partial charge in [-0.05, 0) is 34.3 Å². The van der Waals surface area contributed by atoms with Crippen LogP contribution < -0.4 is 0 Å². The molecule has 5 heteroatoms. The lowest BCUT2D eigenvalue weighted by atomic mass is 10.2. The zero-order chi connectivity index (χ0) is 10.8. The molecule has 2 aromatic heterocycles. The highest BCUT2D eigenvalue weighted by Gasteiger charge is 2.14. The van der Waals surface area contributed by atoms with Crippen LogP contribution in [0.1, 0.15) is 21.7 Å². The third kappa shape index (κ3) is 2.66. The van der Waals surface area contributed by atoms with Crippen molar-refractivity contribution in [1.29, 1.82) is 0 Å². The predicted molar refractivity (Wildman–Crippen MR) is 67.5 cm³/mol. The number of hydrogen-bond donors (Lipinski definition) is 1. The van der Waals surface area contributed by atoms with Gasteiger partial charge in [-0.25, -0.2) is 4.98 Å². The van der Waals surface area contributed by atoms with Crippen molar-refractivity contribution in [3.05, 3.63) is 36.9 Å². The molecule has 0 spiro atoms. The average Bonchev–Trinajstić information content (AvgIpc) is 2.75. The van der Waals surface area contributed by atoms with Gasteiger partial charge in [-0.15, -0.1) is 22.7 Å². The lowest BCUT2D eigenvalue weighted by Crippen LogP contribution is -1.99. The van der Waals surface area contributed by atoms with Crippen LogP contribution in [0.3, 0.4) is 0 Å². The van der Waals surface area contributed by atoms with Crippen LogP contribution in [0, 0.1) is 6.92 Å². The molecule has 2 rings (SSSR count). The van der Waals surface area contributed by atoms with E-state index in [1.807, 2.05) is 23.8 Å². The zero-order valence-corrected chi connectivity index (χ0v) is 11.3. The van der Waals surface area contributed by atoms with Crippen molar-refractivity contribution < 1.29 is 5.11 Å². The molecule has 2 nitrogen and oxygen atoms in total. The van der Waals surface area contributed by atoms with Crippen LogP contribution >= 0.6 is 38.6 Å². The Hall–Kier alpha value is -0.230. The van der Waals surface area contributed by atoms with Crippen molar-refractivity contribution in [2.24, 2.45) is 0 Å². The average molecular weight is 304 g/mol. The Kier molecular flexibility index (Phi) is 3.56. The number of thiazole rings is 1. The number of hydrogen-bond acceptors (Lipinski definition) is 4. The van der Waals surface area contributed by atoms with E-state index < -0.39 is 6.10 Å². The van der Waals surface area contributed by atoms with Crippen LogP contribution in [-0.2, 0) is 6.42 Å². The van der Waals surface area contributed by atoms with Gasteiger partial charge in [-0.2, -0.15) is 0 Å². The lowest BCUT2D eigenvalue weighted by Gasteiger charge is -2.06. The van der Waals surface area contributed by atoms with Crippen LogP contribution in [0.15, 0.2) is 21.3 Å². The Morgan fingerprint density at radius 2 is 2.33 bits per heavy atom. The molecule has 0 saturated heterocycles. The number of aromatic nitrogens is 1. The highest BCUT2D eigenvalue weighted by atomic mass is 79.9. The molecule has 0 aromatic carbocycles. The molecule has 0 radical (unpaired) electrons. The number of aryl methyl sites for hydroxylation is 1. The minimum absolute atomic E-state index is 0.454. The van der Waals surface area contributed by atoms with E-state index in [0.29, 0.717) is 6.42 Å². The van der Waals surface area contributed by atoms with Gasteiger partial charge in [0.15, 0.2) is 0 Å². The highest BCUT2D eigenvalue weighted by Crippen LogP contribution is 2.31. The standard InChI is InChI=1S/C10H10BrNOS2/c1-6-5-15-9(12-6)4-8(13)10-7(11)2-3-14-10/h2-3,5,8,13H,4H2,1H3. The molecule has 0 bridgehead atoms. The fourth-order valence-corrected chi connectivity index (χ4v) is 3.73. The number of nitrogens with zero attached hydrogens (tertiary/aromatic N) is 1. The van der Waals surface area contributed by atoms with E-state index in [0.717, 1.165) is 20.1 Å². The first kappa shape index (κ1) is 11.3. The van der Waals surface area contributed by atoms with Crippen molar-refractivity contribution in [2.75, 3.05) is 0 Å². The lowest BCUT2D eigenvalue weighted by molar-refractivity contribution is 0.181. The van der Waals surface area contributed by atoms with Crippen LogP contribution in [0.4, 0.5) is 0 Å². The van der Waals surface area contributed by atoms with E-state index in [-0.39, 0.29) is 0 Å². The summed E-state index contributed by atoms with van der Waals surface area (Å²) in [5.41, 5.74) is 1.02. The second-order valence-electron chi connectivity index (χ2n) is 3.24. The Morgan fingerprint density at radius 1 is 1.53 bits per heavy atom. The number of rotatable bonds is 3. The second kappa shape index (κ2) is 4.74. The van der Waals surface area contributed by atoms with E-state index in [2.05, 4.69) is 20.9 Å². The van der Waals surface area contributed by atoms with E-state index in [4.69, 9.17) is 0 Å². The summed E-state index contributed by atoms with van der Waals surface area (Å²) in [4.78, 5) is 5.31. The van der Waals surface area contributed by atoms with Crippen LogP contribution in [-0.4, -0.2) is 10.1 Å². The van der Waals surface area contributed by atoms with Crippen molar-refractivity contribution in [3.63, 3.8) is 0 Å². The summed E-state index contributed by atoms with van der Waals surface area (Å²) in [5.74, 6) is 0. The molecule has 2 aromatic rings. The van der Waals surface area contributed by atoms with Gasteiger partial charge in [-0.3, -0.25) is 0 Å². The molecule has 1 N–H and O–H groups in total. The number of aliphatic hydroxyl groups is 1. The summed E-state index contributed by atoms with van der Waals surface area (Å²) in [6, 6.07) is 1.95. The van der Waals surface area contributed by atoms with E-state index in [1.54, 1.807) is 22.7 Å². The van der Waals surface area contributed by atoms with Crippen molar-refractivity contribution in [3.8, 4) is 0 Å². The molecule has 0 aliphatic heterocycles. The Morgan fingerprint density at radius 3 is 2.87 bits per heavy atom. The van der Waals surface area contributed by atoms with Gasteiger partial charge in [0, 0.05) is 26.8 Å². The molecule has 15 heavy (non-hydrogen) atoms. The predicted octanol–water partition coefficient (Wildman–Crippen LogP) is 3.55. The SMILES string of the molecule is Cc1csc(CC(O)c2sccc2Br)n1. The summed E-state index contributed by atoms with van der Waals surface area (Å²) < 4.78 is 0.980. The molecule has 0 aliphatic carbocycles. The Bertz CT molecular complexity index is 452. The fraction of sp³-hybridized carbons (Fsp3) is 0.300. The summed E-state index contributed by atoms with van der Waals surface area (Å²) in [5, 5.41) is 15.0. The third-order valence-electron chi connectivity index (χ3n) is 1.98. The molecule has 0 saturated carbocycles. The summed E-state index contributed by atoms with van der Waals surface area (Å²) >= 11 is 6.58. The molecular formula is C10H10BrNOS2. The van der Waals surface area contributed by atoms with E-state index in [9.17, 15) is 5.11 Å². The van der Waals surface area contributed by atoms with Gasteiger partial charge in [0.25, 0.3) is 0 Å². The first-order valence-corrected chi connectivity index (χ1v) is 7.04. The maximum Gasteiger partial charge on any atom is 0.0957 e. The fourth-order valence-electron chi connectivity index (χ4n) is 1.30. The molecular weight excluding hydrogens is 294 g/mol. The van der Waals surface area contributed by atoms with Gasteiger partial charge >= 0.3 is 0 Å². The van der Waals surface area contributed by atoms with Gasteiger partial charge in [0.2, 0.25) is 0 Å². The quantitative estimate of drug-likeness (QED) is 0.940. The van der Waals surface area contributed by atoms with Gasteiger partial charge in [0.1, 0.15) is 0 Å². The maximum absolute atomic E-state index is 10.0. The Balaban J connectivity index is 2.10. The van der Waals surface area contributed by atoms with Crippen molar-refractivity contribution in [2.45, 2.75) is 19.4 Å². The van der Waals surface area contributed by atoms with Crippen molar-refractivity contribution >= 4 is 38.6 Å². The molecule has 0 aliphatic rings. The summed E-state index contributed by atoms with van der Waals surface area (Å²) in [6.07, 6.45) is 0.141. The van der Waals surface area contributed by atoms with Gasteiger partial charge in [0.05, 0.1) is 11.1 Å². The molecule has 1 atom stereocenters. The molecule has 0 amide bonds. The topological polar surface area (TPSA) is 33.1 Å². The zero-order valence-electron chi connectivity index (χ0n) is 8.11. The van der Waals surface area contributed by atoms with Crippen LogP contribution in [0.2, 0.25) is 0 Å². The highest BCUT2D eigenvalue weighted by molar-refractivity contribution is 9.10. The minimum Gasteiger partial charge on any atom is -0.387 e.